The summed E-state index contributed by atoms with van der Waals surface area (Å²) in [4.78, 5) is 17.2. The van der Waals surface area contributed by atoms with E-state index in [1.807, 2.05) is 13.8 Å². The van der Waals surface area contributed by atoms with Gasteiger partial charge in [-0.2, -0.15) is 8.78 Å². The molecule has 0 spiro atoms. The zero-order valence-electron chi connectivity index (χ0n) is 14.8. The largest absolute Gasteiger partial charge is 0.497 e. The van der Waals surface area contributed by atoms with Crippen LogP contribution in [-0.4, -0.2) is 25.2 Å². The van der Waals surface area contributed by atoms with Crippen LogP contribution in [0.5, 0.6) is 11.5 Å². The summed E-state index contributed by atoms with van der Waals surface area (Å²) in [5, 5.41) is 0. The molecular formula is C20H19F2NO3. The molecule has 136 valence electrons. The Morgan fingerprint density at radius 3 is 2.38 bits per heavy atom. The molecule has 0 saturated heterocycles. The molecule has 0 N–H and O–H groups in total. The Morgan fingerprint density at radius 2 is 1.77 bits per heavy atom. The van der Waals surface area contributed by atoms with Gasteiger partial charge in [0.25, 0.3) is 0 Å². The van der Waals surface area contributed by atoms with Crippen molar-refractivity contribution >= 4 is 11.5 Å². The quantitative estimate of drug-likeness (QED) is 0.708. The van der Waals surface area contributed by atoms with Crippen LogP contribution in [0.2, 0.25) is 0 Å². The number of hydrogen-bond donors (Lipinski definition) is 0. The highest BCUT2D eigenvalue weighted by Crippen LogP contribution is 2.38. The van der Waals surface area contributed by atoms with Crippen molar-refractivity contribution in [2.75, 3.05) is 7.11 Å². The zero-order chi connectivity index (χ0) is 18.9. The first kappa shape index (κ1) is 18.0. The number of carbonyl (C=O) groups excluding carboxylic acids is 1. The lowest BCUT2D eigenvalue weighted by Gasteiger charge is -2.16. The predicted molar refractivity (Wildman–Crippen MR) is 94.6 cm³/mol. The van der Waals surface area contributed by atoms with E-state index in [1.54, 1.807) is 37.4 Å². The van der Waals surface area contributed by atoms with Crippen molar-refractivity contribution < 1.29 is 23.0 Å². The fourth-order valence-corrected chi connectivity index (χ4v) is 3.10. The van der Waals surface area contributed by atoms with Crippen molar-refractivity contribution in [1.29, 1.82) is 0 Å². The summed E-state index contributed by atoms with van der Waals surface area (Å²) < 4.78 is 34.6. The van der Waals surface area contributed by atoms with Gasteiger partial charge in [0.1, 0.15) is 11.5 Å². The molecule has 0 atom stereocenters. The van der Waals surface area contributed by atoms with Crippen molar-refractivity contribution in [2.24, 2.45) is 4.99 Å². The molecule has 0 aromatic heterocycles. The van der Waals surface area contributed by atoms with Crippen molar-refractivity contribution in [3.05, 3.63) is 59.2 Å². The Balaban J connectivity index is 1.87. The monoisotopic (exact) mass is 359 g/mol. The molecule has 2 aromatic rings. The normalized spacial score (nSPS) is 14.8. The molecular weight excluding hydrogens is 340 g/mol. The lowest BCUT2D eigenvalue weighted by molar-refractivity contribution is -0.0498. The molecule has 0 saturated carbocycles. The Labute approximate surface area is 150 Å². The van der Waals surface area contributed by atoms with Crippen molar-refractivity contribution in [3.63, 3.8) is 0 Å². The molecule has 2 aromatic carbocycles. The van der Waals surface area contributed by atoms with Gasteiger partial charge in [0.2, 0.25) is 0 Å². The lowest BCUT2D eigenvalue weighted by atomic mass is 9.91. The number of ketones is 1. The smallest absolute Gasteiger partial charge is 0.387 e. The van der Waals surface area contributed by atoms with E-state index in [0.29, 0.717) is 22.6 Å². The minimum absolute atomic E-state index is 0.0565. The Morgan fingerprint density at radius 1 is 1.12 bits per heavy atom. The number of fused-ring (bicyclic) bond motifs is 1. The minimum Gasteiger partial charge on any atom is -0.497 e. The standard InChI is InChI=1S/C20H19F2NO3/c1-20(2)16-9-8-14(26-19(21)22)10-15(16)17(23-20)11-18(24)12-4-6-13(25-3)7-5-12/h4-10,19H,11H2,1-3H3. The van der Waals surface area contributed by atoms with E-state index in [9.17, 15) is 13.6 Å². The van der Waals surface area contributed by atoms with Gasteiger partial charge in [-0.15, -0.1) is 0 Å². The second-order valence-corrected chi connectivity index (χ2v) is 6.53. The van der Waals surface area contributed by atoms with E-state index in [4.69, 9.17) is 4.74 Å². The van der Waals surface area contributed by atoms with Crippen LogP contribution in [0.3, 0.4) is 0 Å². The molecule has 26 heavy (non-hydrogen) atoms. The molecule has 6 heteroatoms. The fourth-order valence-electron chi connectivity index (χ4n) is 3.10. The molecule has 0 unspecified atom stereocenters. The number of Topliss-reactive ketones (excluding diaryl/α,β-unsaturated/α-hetero) is 1. The van der Waals surface area contributed by atoms with Crippen LogP contribution in [0.25, 0.3) is 0 Å². The summed E-state index contributed by atoms with van der Waals surface area (Å²) in [7, 11) is 1.56. The molecule has 1 aliphatic rings. The SMILES string of the molecule is COc1ccc(C(=O)CC2=NC(C)(C)c3ccc(OC(F)F)cc32)cc1. The van der Waals surface area contributed by atoms with Gasteiger partial charge in [0.15, 0.2) is 5.78 Å². The molecule has 0 amide bonds. The highest BCUT2D eigenvalue weighted by atomic mass is 19.3. The minimum atomic E-state index is -2.90. The molecule has 4 nitrogen and oxygen atoms in total. The highest BCUT2D eigenvalue weighted by Gasteiger charge is 2.32. The summed E-state index contributed by atoms with van der Waals surface area (Å²) in [6, 6.07) is 11.6. The van der Waals surface area contributed by atoms with Crippen LogP contribution in [0.4, 0.5) is 8.78 Å². The lowest BCUT2D eigenvalue weighted by Crippen LogP contribution is -2.10. The number of methoxy groups -OCH3 is 1. The zero-order valence-corrected chi connectivity index (χ0v) is 14.8. The maximum Gasteiger partial charge on any atom is 0.387 e. The number of nitrogens with zero attached hydrogens (tertiary/aromatic N) is 1. The van der Waals surface area contributed by atoms with Gasteiger partial charge in [-0.25, -0.2) is 0 Å². The maximum absolute atomic E-state index is 12.6. The molecule has 1 heterocycles. The number of ether oxygens (including phenoxy) is 2. The summed E-state index contributed by atoms with van der Waals surface area (Å²) in [5.74, 6) is 0.622. The first-order valence-electron chi connectivity index (χ1n) is 8.16. The molecule has 0 radical (unpaired) electrons. The third-order valence-corrected chi connectivity index (χ3v) is 4.34. The van der Waals surface area contributed by atoms with E-state index >= 15 is 0 Å². The Kier molecular flexibility index (Phi) is 4.76. The van der Waals surface area contributed by atoms with Gasteiger partial charge in [-0.05, 0) is 55.8 Å². The number of alkyl halides is 2. The Hall–Kier alpha value is -2.76. The first-order valence-corrected chi connectivity index (χ1v) is 8.16. The second-order valence-electron chi connectivity index (χ2n) is 6.53. The molecule has 3 rings (SSSR count). The third-order valence-electron chi connectivity index (χ3n) is 4.34. The van der Waals surface area contributed by atoms with Crippen LogP contribution in [0, 0.1) is 0 Å². The number of halogens is 2. The van der Waals surface area contributed by atoms with Crippen LogP contribution < -0.4 is 9.47 Å². The van der Waals surface area contributed by atoms with E-state index in [1.165, 1.54) is 12.1 Å². The average molecular weight is 359 g/mol. The summed E-state index contributed by atoms with van der Waals surface area (Å²) in [6.45, 7) is 0.943. The van der Waals surface area contributed by atoms with Crippen LogP contribution in [-0.2, 0) is 5.54 Å². The van der Waals surface area contributed by atoms with E-state index in [-0.39, 0.29) is 18.0 Å². The average Bonchev–Trinajstić information content (AvgIpc) is 2.84. The van der Waals surface area contributed by atoms with Crippen LogP contribution in [0.1, 0.15) is 41.8 Å². The predicted octanol–water partition coefficient (Wildman–Crippen LogP) is 4.61. The fraction of sp³-hybridized carbons (Fsp3) is 0.300. The number of carbonyl (C=O) groups is 1. The van der Waals surface area contributed by atoms with Crippen molar-refractivity contribution in [1.82, 2.24) is 0 Å². The van der Waals surface area contributed by atoms with E-state index in [2.05, 4.69) is 9.73 Å². The molecule has 1 aliphatic heterocycles. The Bertz CT molecular complexity index is 858. The summed E-state index contributed by atoms with van der Waals surface area (Å²) in [5.41, 5.74) is 2.16. The van der Waals surface area contributed by atoms with E-state index in [0.717, 1.165) is 5.56 Å². The van der Waals surface area contributed by atoms with Gasteiger partial charge in [-0.1, -0.05) is 6.07 Å². The van der Waals surface area contributed by atoms with Crippen molar-refractivity contribution in [2.45, 2.75) is 32.4 Å². The molecule has 0 aliphatic carbocycles. The summed E-state index contributed by atoms with van der Waals surface area (Å²) >= 11 is 0. The van der Waals surface area contributed by atoms with Gasteiger partial charge in [0.05, 0.1) is 24.8 Å². The second kappa shape index (κ2) is 6.86. The van der Waals surface area contributed by atoms with Gasteiger partial charge in [0, 0.05) is 11.1 Å². The first-order chi connectivity index (χ1) is 12.3. The number of hydrogen-bond acceptors (Lipinski definition) is 4. The van der Waals surface area contributed by atoms with Gasteiger partial charge < -0.3 is 9.47 Å². The summed E-state index contributed by atoms with van der Waals surface area (Å²) in [6.07, 6.45) is 0.0842. The molecule has 0 bridgehead atoms. The van der Waals surface area contributed by atoms with Gasteiger partial charge in [-0.3, -0.25) is 9.79 Å². The topological polar surface area (TPSA) is 47.9 Å². The number of benzene rings is 2. The van der Waals surface area contributed by atoms with Crippen molar-refractivity contribution in [3.8, 4) is 11.5 Å². The van der Waals surface area contributed by atoms with Crippen LogP contribution >= 0.6 is 0 Å². The maximum atomic E-state index is 12.6. The molecule has 0 fully saturated rings. The van der Waals surface area contributed by atoms with E-state index < -0.39 is 12.2 Å². The highest BCUT2D eigenvalue weighted by molar-refractivity contribution is 6.17. The van der Waals surface area contributed by atoms with Gasteiger partial charge >= 0.3 is 6.61 Å². The number of rotatable bonds is 6. The van der Waals surface area contributed by atoms with Crippen LogP contribution in [0.15, 0.2) is 47.5 Å². The number of aliphatic imine (C=N–C) groups is 1. The third kappa shape index (κ3) is 3.59.